The second-order valence-corrected chi connectivity index (χ2v) is 12.6. The molecule has 1 aromatic heterocycles. The number of para-hydroxylation sites is 1. The van der Waals surface area contributed by atoms with Gasteiger partial charge in [0.2, 0.25) is 0 Å². The van der Waals surface area contributed by atoms with E-state index in [4.69, 9.17) is 37.7 Å². The third-order valence-electron chi connectivity index (χ3n) is 7.63. The lowest BCUT2D eigenvalue weighted by Crippen LogP contribution is -2.28. The summed E-state index contributed by atoms with van der Waals surface area (Å²) in [5.74, 6) is 1.42. The number of methoxy groups -OCH3 is 1. The number of hydrogen-bond donors (Lipinski definition) is 0. The van der Waals surface area contributed by atoms with Crippen molar-refractivity contribution in [2.75, 3.05) is 7.11 Å². The number of carbonyl (C=O) groups is 1. The van der Waals surface area contributed by atoms with Gasteiger partial charge in [-0.2, -0.15) is 0 Å². The van der Waals surface area contributed by atoms with Crippen LogP contribution in [0.5, 0.6) is 11.5 Å². The summed E-state index contributed by atoms with van der Waals surface area (Å²) in [5, 5.41) is 1.81. The van der Waals surface area contributed by atoms with E-state index in [9.17, 15) is 4.79 Å². The van der Waals surface area contributed by atoms with Gasteiger partial charge < -0.3 is 14.0 Å². The van der Waals surface area contributed by atoms with Gasteiger partial charge in [-0.05, 0) is 110 Å². The molecule has 9 heteroatoms. The highest BCUT2D eigenvalue weighted by Gasteiger charge is 2.34. The molecule has 1 aliphatic heterocycles. The van der Waals surface area contributed by atoms with Gasteiger partial charge in [-0.25, -0.2) is 4.99 Å². The van der Waals surface area contributed by atoms with Crippen LogP contribution in [0, 0.1) is 13.8 Å². The van der Waals surface area contributed by atoms with Crippen molar-refractivity contribution in [3.05, 3.63) is 146 Å². The number of benzene rings is 4. The Labute approximate surface area is 282 Å². The maximum absolute atomic E-state index is 13.8. The fraction of sp³-hybridized carbons (Fsp3) is 0.135. The van der Waals surface area contributed by atoms with Crippen LogP contribution in [-0.2, 0) is 17.9 Å². The van der Waals surface area contributed by atoms with Crippen LogP contribution in [0.2, 0.25) is 10.0 Å². The third kappa shape index (κ3) is 7.02. The van der Waals surface area contributed by atoms with Gasteiger partial charge in [0, 0.05) is 32.7 Å². The summed E-state index contributed by atoms with van der Waals surface area (Å²) >= 11 is 13.7. The molecule has 46 heavy (non-hydrogen) atoms. The highest BCUT2D eigenvalue weighted by molar-refractivity contribution is 8.18. The first kappa shape index (κ1) is 31.5. The number of amides is 1. The van der Waals surface area contributed by atoms with Gasteiger partial charge in [0.15, 0.2) is 5.17 Å². The molecule has 0 spiro atoms. The minimum Gasteiger partial charge on any atom is -0.497 e. The summed E-state index contributed by atoms with van der Waals surface area (Å²) < 4.78 is 13.5. The monoisotopic (exact) mass is 667 g/mol. The van der Waals surface area contributed by atoms with Crippen LogP contribution in [0.25, 0.3) is 11.8 Å². The normalized spacial score (nSPS) is 14.8. The molecule has 0 atom stereocenters. The molecule has 1 saturated heterocycles. The summed E-state index contributed by atoms with van der Waals surface area (Å²) in [4.78, 5) is 21.0. The Morgan fingerprint density at radius 1 is 0.870 bits per heavy atom. The van der Waals surface area contributed by atoms with E-state index >= 15 is 0 Å². The van der Waals surface area contributed by atoms with E-state index in [1.807, 2.05) is 91.0 Å². The van der Waals surface area contributed by atoms with Gasteiger partial charge in [-0.15, -0.1) is 0 Å². The van der Waals surface area contributed by atoms with Crippen molar-refractivity contribution in [1.82, 2.24) is 9.47 Å². The number of carbonyl (C=O) groups excluding carboxylic acids is 1. The van der Waals surface area contributed by atoms with Gasteiger partial charge in [0.05, 0.1) is 24.2 Å². The number of aromatic nitrogens is 1. The molecule has 4 aromatic carbocycles. The Morgan fingerprint density at radius 3 is 2.28 bits per heavy atom. The molecule has 6 nitrogen and oxygen atoms in total. The smallest absolute Gasteiger partial charge is 0.267 e. The third-order valence-corrected chi connectivity index (χ3v) is 9.22. The maximum atomic E-state index is 13.8. The van der Waals surface area contributed by atoms with E-state index in [1.165, 1.54) is 11.8 Å². The minimum atomic E-state index is -0.0809. The van der Waals surface area contributed by atoms with Crippen molar-refractivity contribution < 1.29 is 14.3 Å². The number of hydrogen-bond acceptors (Lipinski definition) is 5. The van der Waals surface area contributed by atoms with Gasteiger partial charge in [-0.1, -0.05) is 59.6 Å². The number of rotatable bonds is 9. The Morgan fingerprint density at radius 2 is 1.59 bits per heavy atom. The van der Waals surface area contributed by atoms with Crippen LogP contribution in [0.1, 0.15) is 28.1 Å². The van der Waals surface area contributed by atoms with Crippen molar-refractivity contribution in [2.24, 2.45) is 4.99 Å². The lowest BCUT2D eigenvalue weighted by Gasteiger charge is -2.16. The maximum Gasteiger partial charge on any atom is 0.267 e. The predicted octanol–water partition coefficient (Wildman–Crippen LogP) is 9.79. The standard InChI is InChI=1S/C37H31Cl2N3O3S/c1-24-19-28(25(2)42(24)31-13-17-33(18-14-31)45-23-27-11-12-29(38)21-34(27)39)20-35-36(43)41(22-26-9-15-32(44-3)16-10-26)37(46-35)40-30-7-5-4-6-8-30/h4-21H,22-23H2,1-3H3/b35-20-,40-37?. The molecule has 1 fully saturated rings. The zero-order valence-electron chi connectivity index (χ0n) is 25.5. The minimum absolute atomic E-state index is 0.0809. The molecule has 0 N–H and O–H groups in total. The quantitative estimate of drug-likeness (QED) is 0.147. The average molecular weight is 669 g/mol. The second-order valence-electron chi connectivity index (χ2n) is 10.8. The van der Waals surface area contributed by atoms with Crippen LogP contribution in [0.3, 0.4) is 0 Å². The van der Waals surface area contributed by atoms with Gasteiger partial charge in [-0.3, -0.25) is 9.69 Å². The first-order chi connectivity index (χ1) is 22.3. The number of halogens is 2. The van der Waals surface area contributed by atoms with Gasteiger partial charge in [0.1, 0.15) is 18.1 Å². The van der Waals surface area contributed by atoms with Gasteiger partial charge >= 0.3 is 0 Å². The predicted molar refractivity (Wildman–Crippen MR) is 189 cm³/mol. The number of thioether (sulfide) groups is 1. The highest BCUT2D eigenvalue weighted by atomic mass is 35.5. The van der Waals surface area contributed by atoms with Crippen molar-refractivity contribution >= 4 is 57.8 Å². The van der Waals surface area contributed by atoms with E-state index in [1.54, 1.807) is 24.1 Å². The lowest BCUT2D eigenvalue weighted by atomic mass is 10.2. The highest BCUT2D eigenvalue weighted by Crippen LogP contribution is 2.36. The number of amidine groups is 1. The Balaban J connectivity index is 1.24. The topological polar surface area (TPSA) is 56.1 Å². The molecule has 1 amide bonds. The van der Waals surface area contributed by atoms with Crippen LogP contribution < -0.4 is 9.47 Å². The second kappa shape index (κ2) is 13.9. The van der Waals surface area contributed by atoms with E-state index in [0.717, 1.165) is 51.0 Å². The molecule has 0 bridgehead atoms. The van der Waals surface area contributed by atoms with Crippen LogP contribution in [0.15, 0.2) is 113 Å². The van der Waals surface area contributed by atoms with Crippen molar-refractivity contribution in [3.8, 4) is 17.2 Å². The van der Waals surface area contributed by atoms with Crippen molar-refractivity contribution in [1.29, 1.82) is 0 Å². The fourth-order valence-corrected chi connectivity index (χ4v) is 6.67. The van der Waals surface area contributed by atoms with Gasteiger partial charge in [0.25, 0.3) is 5.91 Å². The van der Waals surface area contributed by atoms with E-state index in [-0.39, 0.29) is 5.91 Å². The summed E-state index contributed by atoms with van der Waals surface area (Å²) in [6.45, 7) is 4.86. The van der Waals surface area contributed by atoms with Crippen LogP contribution in [-0.4, -0.2) is 27.7 Å². The molecule has 0 radical (unpaired) electrons. The van der Waals surface area contributed by atoms with Crippen molar-refractivity contribution in [3.63, 3.8) is 0 Å². The summed E-state index contributed by atoms with van der Waals surface area (Å²) in [6, 6.07) is 32.8. The first-order valence-electron chi connectivity index (χ1n) is 14.6. The molecule has 6 rings (SSSR count). The molecule has 1 aliphatic rings. The summed E-state index contributed by atoms with van der Waals surface area (Å²) in [6.07, 6.45) is 1.97. The number of nitrogens with zero attached hydrogens (tertiary/aromatic N) is 3. The lowest BCUT2D eigenvalue weighted by molar-refractivity contribution is -0.122. The molecule has 2 heterocycles. The van der Waals surface area contributed by atoms with Crippen LogP contribution >= 0.6 is 35.0 Å². The number of aliphatic imine (C=N–C) groups is 1. The molecule has 232 valence electrons. The number of aryl methyl sites for hydroxylation is 1. The summed E-state index contributed by atoms with van der Waals surface area (Å²) in [7, 11) is 1.64. The van der Waals surface area contributed by atoms with Crippen LogP contribution in [0.4, 0.5) is 5.69 Å². The molecular formula is C37H31Cl2N3O3S. The SMILES string of the molecule is COc1ccc(CN2C(=O)/C(=C/c3cc(C)n(-c4ccc(OCc5ccc(Cl)cc5Cl)cc4)c3C)SC2=Nc2ccccc2)cc1. The Bertz CT molecular complexity index is 1940. The Kier molecular flexibility index (Phi) is 9.54. The molecule has 0 unspecified atom stereocenters. The molecule has 5 aromatic rings. The molecule has 0 saturated carbocycles. The number of ether oxygens (including phenoxy) is 2. The average Bonchev–Trinajstić information content (AvgIpc) is 3.50. The zero-order valence-corrected chi connectivity index (χ0v) is 27.9. The van der Waals surface area contributed by atoms with Crippen molar-refractivity contribution in [2.45, 2.75) is 27.0 Å². The molecular weight excluding hydrogens is 637 g/mol. The van der Waals surface area contributed by atoms with E-state index < -0.39 is 0 Å². The fourth-order valence-electron chi connectivity index (χ4n) is 5.22. The zero-order chi connectivity index (χ0) is 32.2. The van der Waals surface area contributed by atoms with E-state index in [2.05, 4.69) is 24.5 Å². The molecule has 0 aliphatic carbocycles. The first-order valence-corrected chi connectivity index (χ1v) is 16.2. The summed E-state index contributed by atoms with van der Waals surface area (Å²) in [5.41, 5.74) is 6.68. The Hall–Kier alpha value is -4.43. The largest absolute Gasteiger partial charge is 0.497 e. The van der Waals surface area contributed by atoms with E-state index in [0.29, 0.717) is 33.3 Å².